The molecule has 0 heterocycles. The fraction of sp³-hybridized carbons (Fsp3) is 0.143. The number of hydrogen-bond donors (Lipinski definition) is 1. The van der Waals surface area contributed by atoms with Crippen LogP contribution in [0.1, 0.15) is 5.56 Å². The van der Waals surface area contributed by atoms with Gasteiger partial charge >= 0.3 is 0 Å². The molecule has 2 aromatic rings. The van der Waals surface area contributed by atoms with Crippen LogP contribution in [0.15, 0.2) is 53.0 Å². The lowest BCUT2D eigenvalue weighted by Gasteiger charge is -2.07. The second-order valence-electron chi connectivity index (χ2n) is 3.71. The summed E-state index contributed by atoms with van der Waals surface area (Å²) < 4.78 is 6.22. The topological polar surface area (TPSA) is 21.3 Å². The normalized spacial score (nSPS) is 10.0. The zero-order valence-electron chi connectivity index (χ0n) is 9.61. The molecular formula is C14H14BrNO. The predicted molar refractivity (Wildman–Crippen MR) is 74.5 cm³/mol. The highest BCUT2D eigenvalue weighted by Crippen LogP contribution is 2.17. The molecule has 0 aliphatic rings. The number of ether oxygens (including phenoxy) is 1. The van der Waals surface area contributed by atoms with Crippen molar-refractivity contribution in [1.82, 2.24) is 0 Å². The molecule has 3 heteroatoms. The van der Waals surface area contributed by atoms with E-state index in [1.807, 2.05) is 36.4 Å². The van der Waals surface area contributed by atoms with Gasteiger partial charge in [0.1, 0.15) is 5.75 Å². The molecular weight excluding hydrogens is 278 g/mol. The fourth-order valence-electron chi connectivity index (χ4n) is 1.56. The van der Waals surface area contributed by atoms with E-state index in [4.69, 9.17) is 4.74 Å². The van der Waals surface area contributed by atoms with Crippen molar-refractivity contribution < 1.29 is 4.74 Å². The van der Waals surface area contributed by atoms with Gasteiger partial charge in [-0.3, -0.25) is 0 Å². The van der Waals surface area contributed by atoms with Crippen molar-refractivity contribution in [3.8, 4) is 5.75 Å². The first-order valence-electron chi connectivity index (χ1n) is 5.40. The second-order valence-corrected chi connectivity index (χ2v) is 4.63. The lowest BCUT2D eigenvalue weighted by molar-refractivity contribution is 0.415. The molecule has 0 bridgehead atoms. The molecule has 1 N–H and O–H groups in total. The number of hydrogen-bond acceptors (Lipinski definition) is 2. The lowest BCUT2D eigenvalue weighted by Crippen LogP contribution is -1.98. The molecule has 0 aromatic heterocycles. The number of anilines is 1. The summed E-state index contributed by atoms with van der Waals surface area (Å²) in [4.78, 5) is 0. The summed E-state index contributed by atoms with van der Waals surface area (Å²) in [5.74, 6) is 0.873. The molecule has 88 valence electrons. The lowest BCUT2D eigenvalue weighted by atomic mass is 10.2. The van der Waals surface area contributed by atoms with E-state index < -0.39 is 0 Å². The molecule has 0 radical (unpaired) electrons. The summed E-state index contributed by atoms with van der Waals surface area (Å²) in [5.41, 5.74) is 2.33. The minimum absolute atomic E-state index is 0.811. The number of nitrogens with one attached hydrogen (secondary N) is 1. The Labute approximate surface area is 110 Å². The summed E-state index contributed by atoms with van der Waals surface area (Å²) in [6.07, 6.45) is 0. The van der Waals surface area contributed by atoms with Crippen LogP contribution >= 0.6 is 15.9 Å². The Morgan fingerprint density at radius 3 is 2.53 bits per heavy atom. The Morgan fingerprint density at radius 1 is 1.12 bits per heavy atom. The molecule has 2 nitrogen and oxygen atoms in total. The van der Waals surface area contributed by atoms with Crippen LogP contribution in [0.3, 0.4) is 0 Å². The average Bonchev–Trinajstić information content (AvgIpc) is 2.37. The maximum atomic E-state index is 5.11. The van der Waals surface area contributed by atoms with E-state index in [0.717, 1.165) is 22.5 Å². The average molecular weight is 292 g/mol. The van der Waals surface area contributed by atoms with Gasteiger partial charge in [-0.05, 0) is 42.0 Å². The molecule has 2 aromatic carbocycles. The Morgan fingerprint density at radius 2 is 1.88 bits per heavy atom. The van der Waals surface area contributed by atoms with Gasteiger partial charge in [-0.1, -0.05) is 28.1 Å². The van der Waals surface area contributed by atoms with E-state index in [0.29, 0.717) is 0 Å². The number of methoxy groups -OCH3 is 1. The first kappa shape index (κ1) is 12.0. The Balaban J connectivity index is 1.97. The monoisotopic (exact) mass is 291 g/mol. The molecule has 0 saturated heterocycles. The van der Waals surface area contributed by atoms with Gasteiger partial charge in [-0.25, -0.2) is 0 Å². The van der Waals surface area contributed by atoms with Gasteiger partial charge in [0.2, 0.25) is 0 Å². The van der Waals surface area contributed by atoms with Gasteiger partial charge in [0.15, 0.2) is 0 Å². The Bertz CT molecular complexity index is 482. The maximum absolute atomic E-state index is 5.11. The van der Waals surface area contributed by atoms with Gasteiger partial charge in [-0.15, -0.1) is 0 Å². The summed E-state index contributed by atoms with van der Waals surface area (Å²) in [6, 6.07) is 16.2. The zero-order chi connectivity index (χ0) is 12.1. The highest BCUT2D eigenvalue weighted by molar-refractivity contribution is 9.10. The fourth-order valence-corrected chi connectivity index (χ4v) is 2.01. The quantitative estimate of drug-likeness (QED) is 0.917. The van der Waals surface area contributed by atoms with Crippen LogP contribution < -0.4 is 10.1 Å². The van der Waals surface area contributed by atoms with Crippen molar-refractivity contribution in [2.75, 3.05) is 12.4 Å². The Hall–Kier alpha value is -1.48. The maximum Gasteiger partial charge on any atom is 0.119 e. The first-order chi connectivity index (χ1) is 8.28. The van der Waals surface area contributed by atoms with Crippen LogP contribution in [-0.4, -0.2) is 7.11 Å². The van der Waals surface area contributed by atoms with Gasteiger partial charge in [-0.2, -0.15) is 0 Å². The molecule has 0 amide bonds. The van der Waals surface area contributed by atoms with Crippen LogP contribution in [0, 0.1) is 0 Å². The largest absolute Gasteiger partial charge is 0.497 e. The van der Waals surface area contributed by atoms with Crippen molar-refractivity contribution in [2.24, 2.45) is 0 Å². The molecule has 0 saturated carbocycles. The van der Waals surface area contributed by atoms with Crippen LogP contribution in [0.4, 0.5) is 5.69 Å². The minimum atomic E-state index is 0.811. The number of rotatable bonds is 4. The van der Waals surface area contributed by atoms with Gasteiger partial charge < -0.3 is 10.1 Å². The highest BCUT2D eigenvalue weighted by Gasteiger charge is 1.96. The zero-order valence-corrected chi connectivity index (χ0v) is 11.2. The van der Waals surface area contributed by atoms with Crippen molar-refractivity contribution in [3.05, 3.63) is 58.6 Å². The molecule has 0 unspecified atom stereocenters. The molecule has 0 fully saturated rings. The molecule has 0 spiro atoms. The standard InChI is InChI=1S/C14H14BrNO/c1-17-14-7-5-13(6-8-14)16-10-11-3-2-4-12(15)9-11/h2-9,16H,10H2,1H3. The third-order valence-electron chi connectivity index (χ3n) is 2.48. The van der Waals surface area contributed by atoms with Crippen LogP contribution in [0.2, 0.25) is 0 Å². The van der Waals surface area contributed by atoms with E-state index >= 15 is 0 Å². The minimum Gasteiger partial charge on any atom is -0.497 e. The summed E-state index contributed by atoms with van der Waals surface area (Å²) in [7, 11) is 1.67. The first-order valence-corrected chi connectivity index (χ1v) is 6.19. The summed E-state index contributed by atoms with van der Waals surface area (Å²) in [6.45, 7) is 0.811. The van der Waals surface area contributed by atoms with Crippen LogP contribution in [-0.2, 0) is 6.54 Å². The van der Waals surface area contributed by atoms with Crippen LogP contribution in [0.5, 0.6) is 5.75 Å². The van der Waals surface area contributed by atoms with Crippen molar-refractivity contribution in [3.63, 3.8) is 0 Å². The molecule has 0 aliphatic carbocycles. The number of benzene rings is 2. The predicted octanol–water partition coefficient (Wildman–Crippen LogP) is 4.07. The van der Waals surface area contributed by atoms with E-state index in [-0.39, 0.29) is 0 Å². The molecule has 17 heavy (non-hydrogen) atoms. The van der Waals surface area contributed by atoms with Gasteiger partial charge in [0, 0.05) is 16.7 Å². The summed E-state index contributed by atoms with van der Waals surface area (Å²) >= 11 is 3.46. The number of halogens is 1. The molecule has 0 atom stereocenters. The molecule has 0 aliphatic heterocycles. The van der Waals surface area contributed by atoms with E-state index in [1.54, 1.807) is 7.11 Å². The van der Waals surface area contributed by atoms with Crippen molar-refractivity contribution >= 4 is 21.6 Å². The van der Waals surface area contributed by atoms with Gasteiger partial charge in [0.05, 0.1) is 7.11 Å². The summed E-state index contributed by atoms with van der Waals surface area (Å²) in [5, 5.41) is 3.36. The van der Waals surface area contributed by atoms with Crippen LogP contribution in [0.25, 0.3) is 0 Å². The van der Waals surface area contributed by atoms with E-state index in [1.165, 1.54) is 5.56 Å². The van der Waals surface area contributed by atoms with Gasteiger partial charge in [0.25, 0.3) is 0 Å². The highest BCUT2D eigenvalue weighted by atomic mass is 79.9. The van der Waals surface area contributed by atoms with Crippen molar-refractivity contribution in [2.45, 2.75) is 6.54 Å². The third kappa shape index (κ3) is 3.49. The second kappa shape index (κ2) is 5.73. The smallest absolute Gasteiger partial charge is 0.119 e. The van der Waals surface area contributed by atoms with E-state index in [9.17, 15) is 0 Å². The van der Waals surface area contributed by atoms with Crippen molar-refractivity contribution in [1.29, 1.82) is 0 Å². The SMILES string of the molecule is COc1ccc(NCc2cccc(Br)c2)cc1. The van der Waals surface area contributed by atoms with E-state index in [2.05, 4.69) is 33.4 Å². The molecule has 2 rings (SSSR count). The third-order valence-corrected chi connectivity index (χ3v) is 2.97. The Kier molecular flexibility index (Phi) is 4.04.